The number of carbonyl (C=O) groups excluding carboxylic acids is 1. The Morgan fingerprint density at radius 1 is 1.02 bits per heavy atom. The van der Waals surface area contributed by atoms with Crippen LogP contribution in [0.25, 0.3) is 6.08 Å². The maximum absolute atomic E-state index is 13.8. The fourth-order valence-corrected chi connectivity index (χ4v) is 5.83. The third-order valence-electron chi connectivity index (χ3n) is 7.03. The van der Waals surface area contributed by atoms with Crippen molar-refractivity contribution in [3.8, 4) is 5.75 Å². The van der Waals surface area contributed by atoms with Crippen LogP contribution in [0.15, 0.2) is 93.9 Å². The van der Waals surface area contributed by atoms with E-state index in [0.29, 0.717) is 26.4 Å². The van der Waals surface area contributed by atoms with Gasteiger partial charge in [-0.05, 0) is 73.0 Å². The molecular formula is C33H31N3O6S. The van der Waals surface area contributed by atoms with E-state index in [4.69, 9.17) is 14.6 Å². The summed E-state index contributed by atoms with van der Waals surface area (Å²) in [5.41, 5.74) is 4.27. The largest absolute Gasteiger partial charge is 0.489 e. The summed E-state index contributed by atoms with van der Waals surface area (Å²) in [4.78, 5) is 45.1. The minimum absolute atomic E-state index is 0.211. The average molecular weight is 598 g/mol. The molecule has 5 rings (SSSR count). The van der Waals surface area contributed by atoms with Gasteiger partial charge in [-0.15, -0.1) is 0 Å². The second-order valence-electron chi connectivity index (χ2n) is 10.1. The molecule has 1 aromatic heterocycles. The van der Waals surface area contributed by atoms with E-state index in [2.05, 4.69) is 4.99 Å². The summed E-state index contributed by atoms with van der Waals surface area (Å²) in [5.74, 6) is -0.829. The van der Waals surface area contributed by atoms with Crippen LogP contribution >= 0.6 is 11.3 Å². The van der Waals surface area contributed by atoms with Crippen LogP contribution in [0, 0.1) is 0 Å². The molecule has 1 aliphatic heterocycles. The third kappa shape index (κ3) is 6.29. The summed E-state index contributed by atoms with van der Waals surface area (Å²) in [6.07, 6.45) is 1.80. The van der Waals surface area contributed by atoms with E-state index < -0.39 is 18.0 Å². The van der Waals surface area contributed by atoms with Gasteiger partial charge in [-0.1, -0.05) is 47.7 Å². The maximum Gasteiger partial charge on any atom is 0.338 e. The first kappa shape index (κ1) is 29.5. The van der Waals surface area contributed by atoms with Crippen LogP contribution in [0.1, 0.15) is 46.9 Å². The molecule has 0 radical (unpaired) electrons. The number of benzene rings is 3. The summed E-state index contributed by atoms with van der Waals surface area (Å²) < 4.78 is 13.3. The Kier molecular flexibility index (Phi) is 8.58. The molecule has 0 aliphatic carbocycles. The molecule has 0 bridgehead atoms. The Morgan fingerprint density at radius 3 is 2.30 bits per heavy atom. The number of aromatic carboxylic acids is 1. The molecule has 4 aromatic rings. The lowest BCUT2D eigenvalue weighted by atomic mass is 9.95. The zero-order valence-corrected chi connectivity index (χ0v) is 25.1. The maximum atomic E-state index is 13.8. The predicted molar refractivity (Wildman–Crippen MR) is 165 cm³/mol. The van der Waals surface area contributed by atoms with Crippen LogP contribution in [0.3, 0.4) is 0 Å². The number of allylic oxidation sites excluding steroid dienone is 1. The topological polar surface area (TPSA) is 110 Å². The lowest BCUT2D eigenvalue weighted by Gasteiger charge is -2.25. The molecule has 9 nitrogen and oxygen atoms in total. The number of esters is 1. The van der Waals surface area contributed by atoms with Crippen LogP contribution in [0.5, 0.6) is 5.75 Å². The van der Waals surface area contributed by atoms with E-state index in [1.807, 2.05) is 67.5 Å². The first-order valence-electron chi connectivity index (χ1n) is 13.7. The Morgan fingerprint density at radius 2 is 1.70 bits per heavy atom. The summed E-state index contributed by atoms with van der Waals surface area (Å²) >= 11 is 1.27. The molecule has 0 saturated heterocycles. The molecule has 2 heterocycles. The molecule has 0 spiro atoms. The number of fused-ring (bicyclic) bond motifs is 1. The molecule has 1 aliphatic rings. The Hall–Kier alpha value is -4.96. The monoisotopic (exact) mass is 597 g/mol. The van der Waals surface area contributed by atoms with E-state index >= 15 is 0 Å². The van der Waals surface area contributed by atoms with E-state index in [9.17, 15) is 14.4 Å². The fourth-order valence-electron chi connectivity index (χ4n) is 4.78. The lowest BCUT2D eigenvalue weighted by Crippen LogP contribution is -2.39. The Balaban J connectivity index is 1.45. The van der Waals surface area contributed by atoms with Crippen molar-refractivity contribution in [1.29, 1.82) is 0 Å². The molecule has 0 unspecified atom stereocenters. The third-order valence-corrected chi connectivity index (χ3v) is 8.01. The minimum atomic E-state index is -0.973. The standard InChI is InChI=1S/C33H31N3O6S/c1-5-41-32(40)28-20(2)34-33-36(29(28)23-12-14-25(15-13-23)35(3)4)30(37)27(43-33)18-21-8-16-26(17-9-21)42-19-22-6-10-24(11-7-22)31(38)39/h6-18,29H,5,19H2,1-4H3,(H,38,39)/t29-/m0/s1. The summed E-state index contributed by atoms with van der Waals surface area (Å²) in [6.45, 7) is 4.01. The molecule has 1 atom stereocenters. The van der Waals surface area contributed by atoms with Crippen molar-refractivity contribution in [1.82, 2.24) is 4.57 Å². The second kappa shape index (κ2) is 12.5. The van der Waals surface area contributed by atoms with Crippen molar-refractivity contribution < 1.29 is 24.2 Å². The number of aromatic nitrogens is 1. The van der Waals surface area contributed by atoms with Crippen LogP contribution in [0.4, 0.5) is 5.69 Å². The van der Waals surface area contributed by atoms with Gasteiger partial charge in [0, 0.05) is 19.8 Å². The average Bonchev–Trinajstić information content (AvgIpc) is 3.30. The van der Waals surface area contributed by atoms with Crippen molar-refractivity contribution in [2.75, 3.05) is 25.6 Å². The Bertz CT molecular complexity index is 1870. The molecular weight excluding hydrogens is 566 g/mol. The van der Waals surface area contributed by atoms with E-state index in [1.54, 1.807) is 48.8 Å². The number of thiazole rings is 1. The van der Waals surface area contributed by atoms with Crippen molar-refractivity contribution in [2.24, 2.45) is 4.99 Å². The van der Waals surface area contributed by atoms with Gasteiger partial charge in [0.05, 0.1) is 34.0 Å². The first-order valence-corrected chi connectivity index (χ1v) is 14.5. The number of hydrogen-bond donors (Lipinski definition) is 1. The minimum Gasteiger partial charge on any atom is -0.489 e. The normalized spacial score (nSPS) is 14.6. The van der Waals surface area contributed by atoms with Crippen molar-refractivity contribution in [3.05, 3.63) is 126 Å². The van der Waals surface area contributed by atoms with E-state index in [-0.39, 0.29) is 24.3 Å². The van der Waals surface area contributed by atoms with Gasteiger partial charge >= 0.3 is 11.9 Å². The summed E-state index contributed by atoms with van der Waals surface area (Å²) in [7, 11) is 3.90. The van der Waals surface area contributed by atoms with E-state index in [0.717, 1.165) is 22.4 Å². The lowest BCUT2D eigenvalue weighted by molar-refractivity contribution is -0.139. The zero-order valence-electron chi connectivity index (χ0n) is 24.2. The van der Waals surface area contributed by atoms with Gasteiger partial charge in [0.1, 0.15) is 12.4 Å². The van der Waals surface area contributed by atoms with Crippen LogP contribution < -0.4 is 24.5 Å². The SMILES string of the molecule is CCOC(=O)C1=C(C)N=c2sc(=Cc3ccc(OCc4ccc(C(=O)O)cc4)cc3)c(=O)n2[C@H]1c1ccc(N(C)C)cc1. The molecule has 10 heteroatoms. The number of carboxylic acid groups (broad SMARTS) is 1. The highest BCUT2D eigenvalue weighted by atomic mass is 32.1. The van der Waals surface area contributed by atoms with Crippen molar-refractivity contribution in [2.45, 2.75) is 26.5 Å². The number of carboxylic acids is 1. The van der Waals surface area contributed by atoms with Crippen molar-refractivity contribution >= 4 is 35.0 Å². The number of rotatable bonds is 9. The van der Waals surface area contributed by atoms with E-state index in [1.165, 1.54) is 11.3 Å². The van der Waals surface area contributed by atoms with Gasteiger partial charge in [0.25, 0.3) is 5.56 Å². The predicted octanol–water partition coefficient (Wildman–Crippen LogP) is 4.14. The summed E-state index contributed by atoms with van der Waals surface area (Å²) in [6, 6.07) is 20.9. The molecule has 0 fully saturated rings. The van der Waals surface area contributed by atoms with Crippen molar-refractivity contribution in [3.63, 3.8) is 0 Å². The molecule has 220 valence electrons. The highest BCUT2D eigenvalue weighted by Crippen LogP contribution is 2.31. The number of hydrogen-bond acceptors (Lipinski definition) is 8. The van der Waals surface area contributed by atoms with Crippen LogP contribution in [-0.4, -0.2) is 42.3 Å². The number of nitrogens with zero attached hydrogens (tertiary/aromatic N) is 3. The second-order valence-corrected chi connectivity index (χ2v) is 11.2. The van der Waals surface area contributed by atoms with Gasteiger partial charge in [-0.25, -0.2) is 14.6 Å². The quantitative estimate of drug-likeness (QED) is 0.289. The van der Waals surface area contributed by atoms with Gasteiger partial charge in [-0.2, -0.15) is 0 Å². The van der Waals surface area contributed by atoms with Gasteiger partial charge < -0.3 is 19.5 Å². The zero-order chi connectivity index (χ0) is 30.7. The molecule has 1 N–H and O–H groups in total. The smallest absolute Gasteiger partial charge is 0.338 e. The number of carbonyl (C=O) groups is 2. The van der Waals surface area contributed by atoms with Gasteiger partial charge in [-0.3, -0.25) is 9.36 Å². The molecule has 0 amide bonds. The number of anilines is 1. The van der Waals surface area contributed by atoms with Crippen LogP contribution in [0.2, 0.25) is 0 Å². The van der Waals surface area contributed by atoms with Crippen LogP contribution in [-0.2, 0) is 16.1 Å². The molecule has 0 saturated carbocycles. The highest BCUT2D eigenvalue weighted by molar-refractivity contribution is 7.07. The molecule has 3 aromatic carbocycles. The Labute approximate surface area is 252 Å². The number of ether oxygens (including phenoxy) is 2. The summed E-state index contributed by atoms with van der Waals surface area (Å²) in [5, 5.41) is 9.05. The fraction of sp³-hybridized carbons (Fsp3) is 0.212. The van der Waals surface area contributed by atoms with Gasteiger partial charge in [0.2, 0.25) is 0 Å². The van der Waals surface area contributed by atoms with Gasteiger partial charge in [0.15, 0.2) is 4.80 Å². The molecule has 43 heavy (non-hydrogen) atoms. The first-order chi connectivity index (χ1) is 20.7. The highest BCUT2D eigenvalue weighted by Gasteiger charge is 2.33.